The summed E-state index contributed by atoms with van der Waals surface area (Å²) in [6.07, 6.45) is 5.26. The number of benzene rings is 3. The third-order valence-corrected chi connectivity index (χ3v) is 8.03. The van der Waals surface area contributed by atoms with Crippen LogP contribution in [0.1, 0.15) is 43.2 Å². The van der Waals surface area contributed by atoms with E-state index in [2.05, 4.69) is 5.32 Å². The number of carbonyl (C=O) groups excluding carboxylic acids is 2. The van der Waals surface area contributed by atoms with Crippen LogP contribution >= 0.6 is 23.2 Å². The summed E-state index contributed by atoms with van der Waals surface area (Å²) < 4.78 is 10.9. The Morgan fingerprint density at radius 1 is 1.02 bits per heavy atom. The first-order valence-corrected chi connectivity index (χ1v) is 14.5. The van der Waals surface area contributed by atoms with Crippen LogP contribution in [0, 0.1) is 10.1 Å². The first-order chi connectivity index (χ1) is 20.3. The van der Waals surface area contributed by atoms with Gasteiger partial charge in [-0.25, -0.2) is 0 Å². The summed E-state index contributed by atoms with van der Waals surface area (Å²) in [5, 5.41) is 15.2. The molecule has 1 atom stereocenters. The number of hydrogen-bond acceptors (Lipinski definition) is 6. The van der Waals surface area contributed by atoms with E-state index in [-0.39, 0.29) is 42.1 Å². The summed E-state index contributed by atoms with van der Waals surface area (Å²) in [4.78, 5) is 39.9. The molecule has 42 heavy (non-hydrogen) atoms. The lowest BCUT2D eigenvalue weighted by molar-refractivity contribution is -0.385. The highest BCUT2D eigenvalue weighted by Gasteiger charge is 2.33. The van der Waals surface area contributed by atoms with Gasteiger partial charge in [-0.1, -0.05) is 78.9 Å². The minimum Gasteiger partial charge on any atom is -0.490 e. The third kappa shape index (κ3) is 8.14. The first-order valence-electron chi connectivity index (χ1n) is 13.8. The molecule has 0 aliphatic heterocycles. The van der Waals surface area contributed by atoms with Crippen molar-refractivity contribution in [2.24, 2.45) is 0 Å². The Kier molecular flexibility index (Phi) is 11.0. The topological polar surface area (TPSA) is 111 Å². The third-order valence-electron chi connectivity index (χ3n) is 7.32. The summed E-state index contributed by atoms with van der Waals surface area (Å²) in [6, 6.07) is 17.7. The standard InChI is InChI=1S/C31H33Cl2N3O6/c1-41-29-18-23(15-16-27(29)36(39)40)42-20-30(37)35(19-24-25(32)13-8-14-26(24)33)28(17-21-9-4-2-5-10-21)31(38)34-22-11-6-3-7-12-22/h2,4-5,8-10,13-16,18,22,28H,3,6-7,11-12,17,19-20H2,1H3,(H,34,38)/t28-/m1/s1. The zero-order valence-corrected chi connectivity index (χ0v) is 24.8. The van der Waals surface area contributed by atoms with Gasteiger partial charge in [0, 0.05) is 46.7 Å². The summed E-state index contributed by atoms with van der Waals surface area (Å²) in [6.45, 7) is -0.467. The molecule has 0 unspecified atom stereocenters. The Hall–Kier alpha value is -3.82. The van der Waals surface area contributed by atoms with Gasteiger partial charge >= 0.3 is 5.69 Å². The second-order valence-electron chi connectivity index (χ2n) is 10.2. The Morgan fingerprint density at radius 3 is 2.36 bits per heavy atom. The lowest BCUT2D eigenvalue weighted by atomic mass is 9.94. The molecule has 0 radical (unpaired) electrons. The van der Waals surface area contributed by atoms with Crippen molar-refractivity contribution in [2.45, 2.75) is 57.2 Å². The molecule has 0 aromatic heterocycles. The number of nitrogens with one attached hydrogen (secondary N) is 1. The van der Waals surface area contributed by atoms with Crippen molar-refractivity contribution in [3.63, 3.8) is 0 Å². The number of nitrogens with zero attached hydrogens (tertiary/aromatic N) is 2. The van der Waals surface area contributed by atoms with E-state index in [9.17, 15) is 19.7 Å². The van der Waals surface area contributed by atoms with E-state index in [1.807, 2.05) is 30.3 Å². The van der Waals surface area contributed by atoms with Gasteiger partial charge in [-0.2, -0.15) is 0 Å². The van der Waals surface area contributed by atoms with E-state index >= 15 is 0 Å². The lowest BCUT2D eigenvalue weighted by Gasteiger charge is -2.33. The van der Waals surface area contributed by atoms with Crippen molar-refractivity contribution >= 4 is 40.7 Å². The molecule has 1 fully saturated rings. The molecule has 3 aromatic rings. The van der Waals surface area contributed by atoms with Gasteiger partial charge < -0.3 is 19.7 Å². The van der Waals surface area contributed by atoms with E-state index in [0.717, 1.165) is 37.7 Å². The average Bonchev–Trinajstić information content (AvgIpc) is 2.99. The van der Waals surface area contributed by atoms with Crippen molar-refractivity contribution in [3.8, 4) is 11.5 Å². The van der Waals surface area contributed by atoms with Gasteiger partial charge in [-0.05, 0) is 36.6 Å². The smallest absolute Gasteiger partial charge is 0.311 e. The Labute approximate surface area is 254 Å². The number of methoxy groups -OCH3 is 1. The number of nitro groups is 1. The molecule has 0 saturated heterocycles. The predicted octanol–water partition coefficient (Wildman–Crippen LogP) is 6.38. The molecule has 2 amide bonds. The molecular weight excluding hydrogens is 581 g/mol. The number of halogens is 2. The minimum atomic E-state index is -0.885. The van der Waals surface area contributed by atoms with E-state index in [0.29, 0.717) is 15.6 Å². The van der Waals surface area contributed by atoms with Crippen LogP contribution in [0.15, 0.2) is 66.7 Å². The monoisotopic (exact) mass is 613 g/mol. The summed E-state index contributed by atoms with van der Waals surface area (Å²) in [7, 11) is 1.31. The van der Waals surface area contributed by atoms with Gasteiger partial charge in [0.2, 0.25) is 11.7 Å². The molecule has 0 spiro atoms. The van der Waals surface area contributed by atoms with Crippen LogP contribution in [-0.4, -0.2) is 47.4 Å². The number of rotatable bonds is 12. The van der Waals surface area contributed by atoms with Crippen LogP contribution in [0.4, 0.5) is 5.69 Å². The van der Waals surface area contributed by atoms with Gasteiger partial charge in [-0.15, -0.1) is 0 Å². The summed E-state index contributed by atoms with van der Waals surface area (Å²) >= 11 is 13.0. The van der Waals surface area contributed by atoms with E-state index in [1.165, 1.54) is 30.2 Å². The number of carbonyl (C=O) groups is 2. The average molecular weight is 615 g/mol. The number of ether oxygens (including phenoxy) is 2. The van der Waals surface area contributed by atoms with E-state index in [4.69, 9.17) is 32.7 Å². The fraction of sp³-hybridized carbons (Fsp3) is 0.355. The predicted molar refractivity (Wildman–Crippen MR) is 161 cm³/mol. The highest BCUT2D eigenvalue weighted by Crippen LogP contribution is 2.31. The molecule has 0 heterocycles. The molecule has 3 aromatic carbocycles. The zero-order chi connectivity index (χ0) is 30.1. The Bertz CT molecular complexity index is 1380. The van der Waals surface area contributed by atoms with Crippen LogP contribution in [0.5, 0.6) is 11.5 Å². The quantitative estimate of drug-likeness (QED) is 0.187. The second-order valence-corrected chi connectivity index (χ2v) is 11.0. The zero-order valence-electron chi connectivity index (χ0n) is 23.3. The molecule has 1 N–H and O–H groups in total. The highest BCUT2D eigenvalue weighted by molar-refractivity contribution is 6.36. The van der Waals surface area contributed by atoms with E-state index in [1.54, 1.807) is 18.2 Å². The van der Waals surface area contributed by atoms with Crippen LogP contribution < -0.4 is 14.8 Å². The molecule has 9 nitrogen and oxygen atoms in total. The maximum atomic E-state index is 13.9. The largest absolute Gasteiger partial charge is 0.490 e. The Balaban J connectivity index is 1.65. The first kappa shape index (κ1) is 31.1. The molecule has 222 valence electrons. The van der Waals surface area contributed by atoms with Crippen LogP contribution in [0.2, 0.25) is 10.0 Å². The molecule has 0 bridgehead atoms. The Morgan fingerprint density at radius 2 is 1.71 bits per heavy atom. The van der Waals surface area contributed by atoms with Crippen molar-refractivity contribution in [2.75, 3.05) is 13.7 Å². The number of amides is 2. The maximum absolute atomic E-state index is 13.9. The fourth-order valence-electron chi connectivity index (χ4n) is 5.08. The molecule has 1 aliphatic carbocycles. The highest BCUT2D eigenvalue weighted by atomic mass is 35.5. The van der Waals surface area contributed by atoms with Crippen LogP contribution in [0.25, 0.3) is 0 Å². The van der Waals surface area contributed by atoms with E-state index < -0.39 is 23.5 Å². The number of hydrogen-bond donors (Lipinski definition) is 1. The van der Waals surface area contributed by atoms with Crippen molar-refractivity contribution in [3.05, 3.63) is 98.0 Å². The van der Waals surface area contributed by atoms with Gasteiger partial charge in [0.25, 0.3) is 5.91 Å². The minimum absolute atomic E-state index is 0.00142. The normalized spacial score (nSPS) is 14.1. The van der Waals surface area contributed by atoms with Crippen molar-refractivity contribution < 1.29 is 24.0 Å². The summed E-state index contributed by atoms with van der Waals surface area (Å²) in [5.41, 5.74) is 1.16. The molecule has 4 rings (SSSR count). The molecule has 11 heteroatoms. The fourth-order valence-corrected chi connectivity index (χ4v) is 5.60. The molecule has 1 aliphatic rings. The van der Waals surface area contributed by atoms with Crippen molar-refractivity contribution in [1.82, 2.24) is 10.2 Å². The molecule has 1 saturated carbocycles. The van der Waals surface area contributed by atoms with Gasteiger partial charge in [0.05, 0.1) is 12.0 Å². The van der Waals surface area contributed by atoms with Gasteiger partial charge in [0.1, 0.15) is 11.8 Å². The summed E-state index contributed by atoms with van der Waals surface area (Å²) in [5.74, 6) is -0.548. The second kappa shape index (κ2) is 14.9. The van der Waals surface area contributed by atoms with Gasteiger partial charge in [-0.3, -0.25) is 19.7 Å². The lowest BCUT2D eigenvalue weighted by Crippen LogP contribution is -2.53. The van der Waals surface area contributed by atoms with Gasteiger partial charge in [0.15, 0.2) is 6.61 Å². The van der Waals surface area contributed by atoms with Crippen molar-refractivity contribution in [1.29, 1.82) is 0 Å². The number of nitro benzene ring substituents is 1. The van der Waals surface area contributed by atoms with Crippen LogP contribution in [-0.2, 0) is 22.6 Å². The molecular formula is C31H33Cl2N3O6. The SMILES string of the molecule is COc1cc(OCC(=O)N(Cc2c(Cl)cccc2Cl)[C@H](Cc2ccccc2)C(=O)NC2CCCCC2)ccc1[N+](=O)[O-]. The van der Waals surface area contributed by atoms with Crippen LogP contribution in [0.3, 0.4) is 0 Å². The maximum Gasteiger partial charge on any atom is 0.311 e.